The standard InChI is InChI=1S/C22H24N2O3/c1-22(2,3)16-9-7-14(8-10-16)20(26)21(27)23-17-11-12-18-15(13-17)5-4-6-19(25)24-18/h7-13H,4-6H2,1-3H3,(H,23,27)(H,24,25). The van der Waals surface area contributed by atoms with Gasteiger partial charge in [0, 0.05) is 23.4 Å². The van der Waals surface area contributed by atoms with Crippen molar-refractivity contribution in [2.24, 2.45) is 0 Å². The number of amides is 2. The molecule has 1 aliphatic heterocycles. The highest BCUT2D eigenvalue weighted by Crippen LogP contribution is 2.26. The highest BCUT2D eigenvalue weighted by molar-refractivity contribution is 6.46. The number of fused-ring (bicyclic) bond motifs is 1. The number of carbonyl (C=O) groups excluding carboxylic acids is 3. The molecule has 27 heavy (non-hydrogen) atoms. The summed E-state index contributed by atoms with van der Waals surface area (Å²) in [5, 5.41) is 5.52. The molecule has 0 spiro atoms. The van der Waals surface area contributed by atoms with Crippen LogP contribution in [0.2, 0.25) is 0 Å². The van der Waals surface area contributed by atoms with E-state index in [0.717, 1.165) is 29.7 Å². The zero-order valence-electron chi connectivity index (χ0n) is 15.9. The van der Waals surface area contributed by atoms with Gasteiger partial charge in [0.1, 0.15) is 0 Å². The van der Waals surface area contributed by atoms with Gasteiger partial charge in [-0.3, -0.25) is 14.4 Å². The summed E-state index contributed by atoms with van der Waals surface area (Å²) in [4.78, 5) is 36.4. The van der Waals surface area contributed by atoms with Gasteiger partial charge in [0.25, 0.3) is 11.7 Å². The first-order valence-corrected chi connectivity index (χ1v) is 9.13. The molecule has 1 aliphatic rings. The van der Waals surface area contributed by atoms with Crippen molar-refractivity contribution < 1.29 is 14.4 Å². The lowest BCUT2D eigenvalue weighted by Crippen LogP contribution is -2.23. The number of aryl methyl sites for hydroxylation is 1. The van der Waals surface area contributed by atoms with Crippen molar-refractivity contribution in [2.75, 3.05) is 10.6 Å². The predicted octanol–water partition coefficient (Wildman–Crippen LogP) is 4.08. The maximum atomic E-state index is 12.4. The Balaban J connectivity index is 1.72. The van der Waals surface area contributed by atoms with Crippen LogP contribution >= 0.6 is 0 Å². The summed E-state index contributed by atoms with van der Waals surface area (Å²) in [6.07, 6.45) is 1.99. The van der Waals surface area contributed by atoms with Gasteiger partial charge in [0.05, 0.1) is 0 Å². The van der Waals surface area contributed by atoms with Crippen LogP contribution in [0.15, 0.2) is 42.5 Å². The smallest absolute Gasteiger partial charge is 0.296 e. The summed E-state index contributed by atoms with van der Waals surface area (Å²) in [5.41, 5.74) is 3.73. The molecule has 0 unspecified atom stereocenters. The maximum Gasteiger partial charge on any atom is 0.296 e. The highest BCUT2D eigenvalue weighted by Gasteiger charge is 2.19. The fourth-order valence-corrected chi connectivity index (χ4v) is 3.09. The van der Waals surface area contributed by atoms with Gasteiger partial charge in [-0.15, -0.1) is 0 Å². The minimum atomic E-state index is -0.670. The molecule has 0 radical (unpaired) electrons. The lowest BCUT2D eigenvalue weighted by atomic mass is 9.86. The van der Waals surface area contributed by atoms with Gasteiger partial charge in [-0.05, 0) is 47.6 Å². The van der Waals surface area contributed by atoms with Gasteiger partial charge < -0.3 is 10.6 Å². The minimum absolute atomic E-state index is 0.000540. The molecule has 0 saturated heterocycles. The summed E-state index contributed by atoms with van der Waals surface area (Å²) < 4.78 is 0. The van der Waals surface area contributed by atoms with Crippen molar-refractivity contribution >= 4 is 29.0 Å². The van der Waals surface area contributed by atoms with E-state index in [1.54, 1.807) is 24.3 Å². The normalized spacial score (nSPS) is 14.0. The van der Waals surface area contributed by atoms with E-state index in [4.69, 9.17) is 0 Å². The molecule has 2 aromatic carbocycles. The van der Waals surface area contributed by atoms with Crippen LogP contribution in [-0.2, 0) is 21.4 Å². The number of nitrogens with one attached hydrogen (secondary N) is 2. The van der Waals surface area contributed by atoms with Crippen molar-refractivity contribution in [1.29, 1.82) is 0 Å². The molecule has 0 aliphatic carbocycles. The Morgan fingerprint density at radius 1 is 1.00 bits per heavy atom. The van der Waals surface area contributed by atoms with Crippen molar-refractivity contribution in [1.82, 2.24) is 0 Å². The molecule has 140 valence electrons. The third kappa shape index (κ3) is 4.42. The molecular weight excluding hydrogens is 340 g/mol. The monoisotopic (exact) mass is 364 g/mol. The molecule has 2 N–H and O–H groups in total. The van der Waals surface area contributed by atoms with E-state index in [2.05, 4.69) is 31.4 Å². The van der Waals surface area contributed by atoms with Crippen molar-refractivity contribution in [3.63, 3.8) is 0 Å². The van der Waals surface area contributed by atoms with Gasteiger partial charge in [-0.25, -0.2) is 0 Å². The van der Waals surface area contributed by atoms with Gasteiger partial charge in [0.2, 0.25) is 5.91 Å². The second-order valence-electron chi connectivity index (χ2n) is 7.88. The van der Waals surface area contributed by atoms with Crippen LogP contribution in [0.3, 0.4) is 0 Å². The largest absolute Gasteiger partial charge is 0.326 e. The van der Waals surface area contributed by atoms with Crippen LogP contribution in [0.5, 0.6) is 0 Å². The van der Waals surface area contributed by atoms with Gasteiger partial charge in [0.15, 0.2) is 0 Å². The van der Waals surface area contributed by atoms with Crippen LogP contribution in [0.25, 0.3) is 0 Å². The Morgan fingerprint density at radius 2 is 1.70 bits per heavy atom. The lowest BCUT2D eigenvalue weighted by molar-refractivity contribution is -0.116. The zero-order valence-corrected chi connectivity index (χ0v) is 15.9. The second-order valence-corrected chi connectivity index (χ2v) is 7.88. The van der Waals surface area contributed by atoms with Gasteiger partial charge in [-0.1, -0.05) is 45.0 Å². The van der Waals surface area contributed by atoms with E-state index in [1.165, 1.54) is 0 Å². The number of carbonyl (C=O) groups is 3. The zero-order chi connectivity index (χ0) is 19.6. The molecule has 0 bridgehead atoms. The SMILES string of the molecule is CC(C)(C)c1ccc(C(=O)C(=O)Nc2ccc3c(c2)CCCC(=O)N3)cc1. The van der Waals surface area contributed by atoms with Crippen molar-refractivity contribution in [2.45, 2.75) is 45.4 Å². The van der Waals surface area contributed by atoms with E-state index in [0.29, 0.717) is 17.7 Å². The van der Waals surface area contributed by atoms with Crippen LogP contribution in [-0.4, -0.2) is 17.6 Å². The molecule has 0 fully saturated rings. The fraction of sp³-hybridized carbons (Fsp3) is 0.318. The van der Waals surface area contributed by atoms with Crippen LogP contribution in [0.1, 0.15) is 55.1 Å². The third-order valence-corrected chi connectivity index (χ3v) is 4.71. The Hall–Kier alpha value is -2.95. The number of anilines is 2. The van der Waals surface area contributed by atoms with Gasteiger partial charge in [-0.2, -0.15) is 0 Å². The summed E-state index contributed by atoms with van der Waals surface area (Å²) >= 11 is 0. The number of rotatable bonds is 3. The molecule has 2 amide bonds. The first-order valence-electron chi connectivity index (χ1n) is 9.13. The van der Waals surface area contributed by atoms with Crippen LogP contribution in [0.4, 0.5) is 11.4 Å². The summed E-state index contributed by atoms with van der Waals surface area (Å²) in [6, 6.07) is 12.4. The van der Waals surface area contributed by atoms with Crippen LogP contribution in [0, 0.1) is 0 Å². The average Bonchev–Trinajstić information content (AvgIpc) is 2.80. The fourth-order valence-electron chi connectivity index (χ4n) is 3.09. The quantitative estimate of drug-likeness (QED) is 0.636. The number of Topliss-reactive ketones (excluding diaryl/α,β-unsaturated/α-hetero) is 1. The Bertz CT molecular complexity index is 893. The highest BCUT2D eigenvalue weighted by atomic mass is 16.2. The number of hydrogen-bond donors (Lipinski definition) is 2. The summed E-state index contributed by atoms with van der Waals surface area (Å²) in [5.74, 6) is -1.24. The Kier molecular flexibility index (Phi) is 5.13. The molecule has 0 aromatic heterocycles. The van der Waals surface area contributed by atoms with E-state index in [1.807, 2.05) is 18.2 Å². The number of benzene rings is 2. The van der Waals surface area contributed by atoms with E-state index < -0.39 is 11.7 Å². The molecular formula is C22H24N2O3. The Labute approximate surface area is 159 Å². The summed E-state index contributed by atoms with van der Waals surface area (Å²) in [6.45, 7) is 6.28. The minimum Gasteiger partial charge on any atom is -0.326 e. The first kappa shape index (κ1) is 18.8. The molecule has 1 heterocycles. The lowest BCUT2D eigenvalue weighted by Gasteiger charge is -2.18. The molecule has 0 saturated carbocycles. The Morgan fingerprint density at radius 3 is 2.37 bits per heavy atom. The number of ketones is 1. The topological polar surface area (TPSA) is 75.3 Å². The van der Waals surface area contributed by atoms with Crippen molar-refractivity contribution in [3.8, 4) is 0 Å². The van der Waals surface area contributed by atoms with E-state index in [-0.39, 0.29) is 11.3 Å². The van der Waals surface area contributed by atoms with Crippen LogP contribution < -0.4 is 10.6 Å². The third-order valence-electron chi connectivity index (χ3n) is 4.71. The summed E-state index contributed by atoms with van der Waals surface area (Å²) in [7, 11) is 0. The van der Waals surface area contributed by atoms with E-state index in [9.17, 15) is 14.4 Å². The molecule has 0 atom stereocenters. The van der Waals surface area contributed by atoms with E-state index >= 15 is 0 Å². The average molecular weight is 364 g/mol. The molecule has 2 aromatic rings. The second kappa shape index (κ2) is 7.35. The van der Waals surface area contributed by atoms with Crippen molar-refractivity contribution in [3.05, 3.63) is 59.2 Å². The first-order chi connectivity index (χ1) is 12.7. The maximum absolute atomic E-state index is 12.4. The molecule has 5 heteroatoms. The predicted molar refractivity (Wildman–Crippen MR) is 106 cm³/mol. The van der Waals surface area contributed by atoms with Gasteiger partial charge >= 0.3 is 0 Å². The molecule has 5 nitrogen and oxygen atoms in total. The molecule has 3 rings (SSSR count). The number of hydrogen-bond acceptors (Lipinski definition) is 3.